The number of hydrogen-bond acceptors (Lipinski definition) is 23. The summed E-state index contributed by atoms with van der Waals surface area (Å²) in [6, 6.07) is -3.54. The van der Waals surface area contributed by atoms with Gasteiger partial charge in [0, 0.05) is 0 Å². The number of aliphatic hydroxyl groups is 7. The van der Waals surface area contributed by atoms with Crippen molar-refractivity contribution >= 4 is 23.8 Å². The summed E-state index contributed by atoms with van der Waals surface area (Å²) in [6.07, 6.45) is -14.4. The lowest BCUT2D eigenvalue weighted by molar-refractivity contribution is -0.342. The van der Waals surface area contributed by atoms with Gasteiger partial charge in [0.05, 0.1) is 76.2 Å². The van der Waals surface area contributed by atoms with Crippen LogP contribution in [0.25, 0.3) is 0 Å². The van der Waals surface area contributed by atoms with Gasteiger partial charge in [-0.05, 0) is 6.42 Å². The van der Waals surface area contributed by atoms with Gasteiger partial charge in [-0.1, -0.05) is 20.9 Å². The molecule has 378 valence electrons. The molecule has 23 N–H and O–H groups in total. The van der Waals surface area contributed by atoms with Crippen LogP contribution in [0.2, 0.25) is 0 Å². The number of aromatic nitrogens is 12. The second kappa shape index (κ2) is 21.7. The Balaban J connectivity index is 1.25. The number of nitrogens with zero attached hydrogens (tertiary/aromatic N) is 16. The summed E-state index contributed by atoms with van der Waals surface area (Å²) in [5.41, 5.74) is 45.2. The standard InChI is InChI=1S/C34H56N24O11/c35-31(36)43-2-12-6-55(51-47-12)10-18-22(61)24(63)25(64)30(66-18)69-28-17(57-8-14(49-53-57)4-45-33(39)40)1-16(56-7-13(48-52-56)3-44-32(37)38)27(26(28)65)68-29-23(62)20(21(60)19(11-59)67-29)58-9-15(50-54-58)5-46-34(41)42/h6-9,16-30,59-65H,1-5,10-11H2,(H4,35,36,43)(H4,37,38,44)(H4,39,40,45)(H4,41,42,46)/t16-,17+,18-,19-,20+,21-,22-,23-,24+,25-,26-,27+,28-,29+,30+/m1/s1. The average molecular weight is 977 g/mol. The van der Waals surface area contributed by atoms with Crippen molar-refractivity contribution in [1.29, 1.82) is 0 Å². The van der Waals surface area contributed by atoms with Crippen LogP contribution in [-0.4, -0.2) is 200 Å². The van der Waals surface area contributed by atoms with Crippen molar-refractivity contribution in [3.05, 3.63) is 47.6 Å². The van der Waals surface area contributed by atoms with Crippen molar-refractivity contribution in [3.8, 4) is 0 Å². The summed E-state index contributed by atoms with van der Waals surface area (Å²) in [7, 11) is 0. The molecule has 1 aliphatic carbocycles. The van der Waals surface area contributed by atoms with E-state index in [-0.39, 0.29) is 80.1 Å². The smallest absolute Gasteiger partial charge is 0.187 e. The Morgan fingerprint density at radius 3 is 1.42 bits per heavy atom. The van der Waals surface area contributed by atoms with Gasteiger partial charge >= 0.3 is 0 Å². The monoisotopic (exact) mass is 976 g/mol. The Hall–Kier alpha value is -6.80. The SMILES string of the molecule is NC(N)=NCc1cn(C[C@H]2O[C@@H](O[C@H]3[C@H](O)[C@@H](O[C@@H]4O[C@H](CO)[C@@H](O)[C@H](n5cc(CN=C(N)N)nn5)[C@H]4O)[C@H](n4cc(CN=C(N)N)nn4)C[C@@H]3n3cc(CN=C(N)N)nn3)[C@H](O)[C@@H](O)[C@@H]2O)nn1. The van der Waals surface area contributed by atoms with Crippen molar-refractivity contribution in [1.82, 2.24) is 60.0 Å². The first-order valence-corrected chi connectivity index (χ1v) is 21.0. The van der Waals surface area contributed by atoms with E-state index < -0.39 is 98.4 Å². The fourth-order valence-corrected chi connectivity index (χ4v) is 8.00. The van der Waals surface area contributed by atoms with Gasteiger partial charge in [-0.25, -0.2) is 38.7 Å². The van der Waals surface area contributed by atoms with E-state index in [1.807, 2.05) is 0 Å². The Bertz CT molecular complexity index is 2430. The summed E-state index contributed by atoms with van der Waals surface area (Å²) < 4.78 is 30.1. The van der Waals surface area contributed by atoms with Crippen LogP contribution in [0.15, 0.2) is 44.8 Å². The number of nitrogens with two attached hydrogens (primary N) is 8. The molecule has 0 amide bonds. The normalized spacial score (nSPS) is 31.4. The Morgan fingerprint density at radius 2 is 0.942 bits per heavy atom. The predicted octanol–water partition coefficient (Wildman–Crippen LogP) is -10.3. The van der Waals surface area contributed by atoms with Crippen molar-refractivity contribution in [2.24, 2.45) is 65.8 Å². The van der Waals surface area contributed by atoms with Crippen LogP contribution in [0.5, 0.6) is 0 Å². The molecule has 0 unspecified atom stereocenters. The molecule has 35 nitrogen and oxygen atoms in total. The molecule has 0 spiro atoms. The third-order valence-corrected chi connectivity index (χ3v) is 11.3. The molecule has 3 fully saturated rings. The second-order valence-corrected chi connectivity index (χ2v) is 16.2. The van der Waals surface area contributed by atoms with Crippen molar-refractivity contribution in [3.63, 3.8) is 0 Å². The van der Waals surface area contributed by atoms with Gasteiger partial charge < -0.3 is 101 Å². The molecule has 6 heterocycles. The third-order valence-electron chi connectivity index (χ3n) is 11.3. The second-order valence-electron chi connectivity index (χ2n) is 16.2. The number of ether oxygens (including phenoxy) is 4. The highest BCUT2D eigenvalue weighted by molar-refractivity contribution is 5.76. The molecule has 35 heteroatoms. The van der Waals surface area contributed by atoms with Crippen LogP contribution >= 0.6 is 0 Å². The molecule has 3 aliphatic rings. The molecule has 2 aliphatic heterocycles. The zero-order valence-electron chi connectivity index (χ0n) is 36.5. The fourth-order valence-electron chi connectivity index (χ4n) is 8.00. The molecule has 7 rings (SSSR count). The Kier molecular flexibility index (Phi) is 15.7. The first-order valence-electron chi connectivity index (χ1n) is 21.0. The molecule has 4 aromatic rings. The van der Waals surface area contributed by atoms with Gasteiger partial charge in [-0.15, -0.1) is 20.4 Å². The lowest BCUT2D eigenvalue weighted by Crippen LogP contribution is -2.63. The van der Waals surface area contributed by atoms with E-state index >= 15 is 0 Å². The number of hydrogen-bond donors (Lipinski definition) is 15. The van der Waals surface area contributed by atoms with E-state index in [9.17, 15) is 35.7 Å². The molecule has 15 atom stereocenters. The van der Waals surface area contributed by atoms with E-state index in [1.54, 1.807) is 0 Å². The topological polar surface area (TPSA) is 559 Å². The van der Waals surface area contributed by atoms with Crippen LogP contribution < -0.4 is 45.9 Å². The molecule has 0 radical (unpaired) electrons. The predicted molar refractivity (Wildman–Crippen MR) is 230 cm³/mol. The Labute approximate surface area is 389 Å². The minimum absolute atomic E-state index is 0.0102. The first kappa shape index (κ1) is 50.1. The Morgan fingerprint density at radius 1 is 0.522 bits per heavy atom. The van der Waals surface area contributed by atoms with Crippen molar-refractivity contribution in [2.75, 3.05) is 6.61 Å². The maximum absolute atomic E-state index is 12.7. The van der Waals surface area contributed by atoms with Gasteiger partial charge in [0.15, 0.2) is 36.4 Å². The minimum atomic E-state index is -1.92. The molecular formula is C34H56N24O11. The molecule has 0 bridgehead atoms. The number of aliphatic hydroxyl groups excluding tert-OH is 7. The van der Waals surface area contributed by atoms with Gasteiger partial charge in [-0.3, -0.25) is 0 Å². The van der Waals surface area contributed by atoms with Crippen LogP contribution in [-0.2, 0) is 51.7 Å². The van der Waals surface area contributed by atoms with Gasteiger partial charge in [0.2, 0.25) is 0 Å². The summed E-state index contributed by atoms with van der Waals surface area (Å²) in [6.45, 7) is -1.30. The van der Waals surface area contributed by atoms with Crippen molar-refractivity contribution < 1.29 is 54.7 Å². The maximum atomic E-state index is 12.7. The van der Waals surface area contributed by atoms with Gasteiger partial charge in [0.25, 0.3) is 0 Å². The van der Waals surface area contributed by atoms with Gasteiger partial charge in [0.1, 0.15) is 89.9 Å². The summed E-state index contributed by atoms with van der Waals surface area (Å²) in [5, 5.41) is 113. The van der Waals surface area contributed by atoms with E-state index in [0.717, 1.165) is 4.68 Å². The van der Waals surface area contributed by atoms with Crippen LogP contribution in [0.3, 0.4) is 0 Å². The highest BCUT2D eigenvalue weighted by Gasteiger charge is 2.55. The number of aliphatic imine (C=N–C) groups is 4. The van der Waals surface area contributed by atoms with Gasteiger partial charge in [-0.2, -0.15) is 0 Å². The van der Waals surface area contributed by atoms with Crippen LogP contribution in [0.1, 0.15) is 47.3 Å². The molecular weight excluding hydrogens is 921 g/mol. The highest BCUT2D eigenvalue weighted by Crippen LogP contribution is 2.43. The molecule has 2 saturated heterocycles. The zero-order valence-corrected chi connectivity index (χ0v) is 36.5. The third kappa shape index (κ3) is 11.7. The van der Waals surface area contributed by atoms with Crippen LogP contribution in [0.4, 0.5) is 0 Å². The average Bonchev–Trinajstić information content (AvgIpc) is 4.15. The first-order chi connectivity index (χ1) is 32.9. The lowest BCUT2D eigenvalue weighted by Gasteiger charge is -2.49. The molecule has 69 heavy (non-hydrogen) atoms. The van der Waals surface area contributed by atoms with E-state index in [4.69, 9.17) is 64.8 Å². The van der Waals surface area contributed by atoms with E-state index in [1.165, 1.54) is 38.8 Å². The summed E-state index contributed by atoms with van der Waals surface area (Å²) in [5.74, 6) is -0.851. The quantitative estimate of drug-likeness (QED) is 0.0325. The lowest BCUT2D eigenvalue weighted by atomic mass is 9.83. The zero-order chi connectivity index (χ0) is 49.7. The summed E-state index contributed by atoms with van der Waals surface area (Å²) in [4.78, 5) is 15.8. The van der Waals surface area contributed by atoms with E-state index in [2.05, 4.69) is 61.2 Å². The summed E-state index contributed by atoms with van der Waals surface area (Å²) >= 11 is 0. The van der Waals surface area contributed by atoms with Crippen molar-refractivity contribution in [2.45, 2.75) is 131 Å². The van der Waals surface area contributed by atoms with Crippen LogP contribution in [0, 0.1) is 0 Å². The van der Waals surface area contributed by atoms with E-state index in [0.29, 0.717) is 5.69 Å². The number of rotatable bonds is 18. The minimum Gasteiger partial charge on any atom is -0.394 e. The largest absolute Gasteiger partial charge is 0.394 e. The molecule has 1 saturated carbocycles. The maximum Gasteiger partial charge on any atom is 0.187 e. The molecule has 0 aromatic carbocycles. The highest BCUT2D eigenvalue weighted by atomic mass is 16.7. The molecule has 4 aromatic heterocycles. The fraction of sp³-hybridized carbons (Fsp3) is 0.647. The number of guanidine groups is 4.